The molecule has 3 aromatic rings. The molecule has 0 bridgehead atoms. The van der Waals surface area contributed by atoms with Crippen LogP contribution in [0.5, 0.6) is 0 Å². The minimum atomic E-state index is -0.537. The van der Waals surface area contributed by atoms with Crippen LogP contribution in [0.4, 0.5) is 5.69 Å². The molecule has 0 atom stereocenters. The van der Waals surface area contributed by atoms with Gasteiger partial charge < -0.3 is 9.30 Å². The van der Waals surface area contributed by atoms with E-state index in [-0.39, 0.29) is 18.8 Å². The molecule has 160 valence electrons. The maximum Gasteiger partial charge on any atom is 0.326 e. The van der Waals surface area contributed by atoms with Crippen molar-refractivity contribution in [2.75, 3.05) is 6.61 Å². The van der Waals surface area contributed by atoms with Gasteiger partial charge in [-0.15, -0.1) is 0 Å². The number of nitrogens with zero attached hydrogens (tertiary/aromatic N) is 3. The lowest BCUT2D eigenvalue weighted by Crippen LogP contribution is -2.23. The van der Waals surface area contributed by atoms with Crippen molar-refractivity contribution in [3.63, 3.8) is 0 Å². The second-order valence-corrected chi connectivity index (χ2v) is 7.85. The minimum absolute atomic E-state index is 0.0571. The highest BCUT2D eigenvalue weighted by atomic mass is 32.1. The maximum atomic E-state index is 12.5. The van der Waals surface area contributed by atoms with E-state index < -0.39 is 16.8 Å². The Morgan fingerprint density at radius 2 is 2.03 bits per heavy atom. The molecule has 0 aliphatic heterocycles. The molecule has 1 amide bonds. The van der Waals surface area contributed by atoms with Crippen molar-refractivity contribution in [1.29, 1.82) is 0 Å². The first-order chi connectivity index (χ1) is 14.8. The van der Waals surface area contributed by atoms with Crippen LogP contribution in [0.3, 0.4) is 0 Å². The number of nitro benzene ring substituents is 1. The van der Waals surface area contributed by atoms with E-state index in [9.17, 15) is 19.7 Å². The first kappa shape index (κ1) is 22.1. The quantitative estimate of drug-likeness (QED) is 0.250. The summed E-state index contributed by atoms with van der Waals surface area (Å²) in [7, 11) is 0. The van der Waals surface area contributed by atoms with Gasteiger partial charge in [0.1, 0.15) is 6.54 Å². The van der Waals surface area contributed by atoms with Crippen LogP contribution in [0.15, 0.2) is 47.5 Å². The monoisotopic (exact) mass is 439 g/mol. The van der Waals surface area contributed by atoms with Crippen molar-refractivity contribution >= 4 is 45.2 Å². The lowest BCUT2D eigenvalue weighted by Gasteiger charge is -2.07. The van der Waals surface area contributed by atoms with Crippen LogP contribution < -0.4 is 4.80 Å². The number of fused-ring (bicyclic) bond motifs is 1. The number of non-ortho nitro benzene ring substituents is 1. The highest BCUT2D eigenvalue weighted by molar-refractivity contribution is 7.16. The van der Waals surface area contributed by atoms with E-state index in [1.54, 1.807) is 23.6 Å². The van der Waals surface area contributed by atoms with Crippen LogP contribution in [-0.4, -0.2) is 28.0 Å². The Labute approximate surface area is 182 Å². The highest BCUT2D eigenvalue weighted by Crippen LogP contribution is 2.23. The molecular weight excluding hydrogens is 418 g/mol. The zero-order chi connectivity index (χ0) is 22.5. The second-order valence-electron chi connectivity index (χ2n) is 6.84. The number of carbonyl (C=O) groups excluding carboxylic acids is 2. The highest BCUT2D eigenvalue weighted by Gasteiger charge is 2.14. The van der Waals surface area contributed by atoms with Crippen molar-refractivity contribution < 1.29 is 19.2 Å². The van der Waals surface area contributed by atoms with Crippen LogP contribution in [0.25, 0.3) is 16.3 Å². The molecule has 31 heavy (non-hydrogen) atoms. The number of thiazole rings is 1. The third-order valence-corrected chi connectivity index (χ3v) is 5.44. The molecule has 8 nitrogen and oxygen atoms in total. The molecule has 0 spiro atoms. The van der Waals surface area contributed by atoms with E-state index in [4.69, 9.17) is 4.74 Å². The molecule has 0 radical (unpaired) electrons. The van der Waals surface area contributed by atoms with Crippen molar-refractivity contribution in [3.8, 4) is 0 Å². The van der Waals surface area contributed by atoms with E-state index in [0.717, 1.165) is 21.3 Å². The average Bonchev–Trinajstić information content (AvgIpc) is 3.03. The number of carbonyl (C=O) groups is 2. The first-order valence-electron chi connectivity index (χ1n) is 9.56. The molecular formula is C22H21N3O5S. The zero-order valence-corrected chi connectivity index (χ0v) is 18.1. The van der Waals surface area contributed by atoms with Gasteiger partial charge in [-0.2, -0.15) is 4.99 Å². The molecule has 2 aromatic carbocycles. The van der Waals surface area contributed by atoms with Gasteiger partial charge in [-0.3, -0.25) is 19.7 Å². The number of hydrogen-bond donors (Lipinski definition) is 0. The molecule has 9 heteroatoms. The van der Waals surface area contributed by atoms with Gasteiger partial charge in [0.05, 0.1) is 21.7 Å². The Morgan fingerprint density at radius 1 is 1.26 bits per heavy atom. The second kappa shape index (κ2) is 9.48. The summed E-state index contributed by atoms with van der Waals surface area (Å²) in [5, 5.41) is 10.9. The summed E-state index contributed by atoms with van der Waals surface area (Å²) in [5.74, 6) is -0.951. The van der Waals surface area contributed by atoms with Gasteiger partial charge >= 0.3 is 5.97 Å². The largest absolute Gasteiger partial charge is 0.465 e. The lowest BCUT2D eigenvalue weighted by molar-refractivity contribution is -0.384. The third-order valence-electron chi connectivity index (χ3n) is 4.41. The smallest absolute Gasteiger partial charge is 0.326 e. The molecule has 0 fully saturated rings. The van der Waals surface area contributed by atoms with Crippen molar-refractivity contribution in [3.05, 3.63) is 74.1 Å². The Bertz CT molecular complexity index is 1270. The van der Waals surface area contributed by atoms with Gasteiger partial charge in [0.2, 0.25) is 0 Å². The van der Waals surface area contributed by atoms with E-state index in [0.29, 0.717) is 10.4 Å². The SMILES string of the molecule is CCOC(=O)Cn1c(=NC(=O)C=Cc2cccc([N+](=O)[O-])c2)sc2cc(C)cc(C)c21. The van der Waals surface area contributed by atoms with Gasteiger partial charge in [0.15, 0.2) is 4.80 Å². The molecule has 0 N–H and O–H groups in total. The Morgan fingerprint density at radius 3 is 2.74 bits per heavy atom. The maximum absolute atomic E-state index is 12.5. The topological polar surface area (TPSA) is 104 Å². The van der Waals surface area contributed by atoms with Gasteiger partial charge in [0.25, 0.3) is 11.6 Å². The predicted octanol–water partition coefficient (Wildman–Crippen LogP) is 3.93. The number of nitro groups is 1. The van der Waals surface area contributed by atoms with E-state index in [2.05, 4.69) is 4.99 Å². The number of aryl methyl sites for hydroxylation is 2. The Kier molecular flexibility index (Phi) is 6.76. The molecule has 0 saturated heterocycles. The number of amides is 1. The van der Waals surface area contributed by atoms with Crippen LogP contribution in [0.2, 0.25) is 0 Å². The van der Waals surface area contributed by atoms with E-state index >= 15 is 0 Å². The van der Waals surface area contributed by atoms with E-state index in [1.165, 1.54) is 35.6 Å². The summed E-state index contributed by atoms with van der Waals surface area (Å²) in [6, 6.07) is 9.94. The number of ether oxygens (including phenoxy) is 1. The first-order valence-corrected chi connectivity index (χ1v) is 10.4. The van der Waals surface area contributed by atoms with Crippen LogP contribution in [0, 0.1) is 24.0 Å². The Balaban J connectivity index is 2.01. The van der Waals surface area contributed by atoms with Crippen LogP contribution in [-0.2, 0) is 20.9 Å². The molecule has 0 saturated carbocycles. The predicted molar refractivity (Wildman–Crippen MR) is 119 cm³/mol. The molecule has 1 aromatic heterocycles. The fraction of sp³-hybridized carbons (Fsp3) is 0.227. The number of benzene rings is 2. The van der Waals surface area contributed by atoms with Crippen LogP contribution >= 0.6 is 11.3 Å². The molecule has 3 rings (SSSR count). The Hall–Kier alpha value is -3.59. The van der Waals surface area contributed by atoms with Gasteiger partial charge in [-0.25, -0.2) is 0 Å². The van der Waals surface area contributed by atoms with Crippen LogP contribution in [0.1, 0.15) is 23.6 Å². The third kappa shape index (κ3) is 5.32. The van der Waals surface area contributed by atoms with Gasteiger partial charge in [-0.05, 0) is 49.6 Å². The molecule has 1 heterocycles. The van der Waals surface area contributed by atoms with Crippen molar-refractivity contribution in [2.45, 2.75) is 27.3 Å². The molecule has 0 unspecified atom stereocenters. The van der Waals surface area contributed by atoms with E-state index in [1.807, 2.05) is 26.0 Å². The minimum Gasteiger partial charge on any atom is -0.465 e. The number of esters is 1. The summed E-state index contributed by atoms with van der Waals surface area (Å²) in [6.07, 6.45) is 2.72. The average molecular weight is 439 g/mol. The van der Waals surface area contributed by atoms with Crippen molar-refractivity contribution in [2.24, 2.45) is 4.99 Å². The number of rotatable bonds is 6. The van der Waals surface area contributed by atoms with Gasteiger partial charge in [0, 0.05) is 18.2 Å². The zero-order valence-electron chi connectivity index (χ0n) is 17.3. The molecule has 0 aliphatic carbocycles. The summed E-state index contributed by atoms with van der Waals surface area (Å²) in [5.41, 5.74) is 3.32. The number of hydrogen-bond acceptors (Lipinski definition) is 6. The molecule has 0 aliphatic rings. The van der Waals surface area contributed by atoms with Gasteiger partial charge in [-0.1, -0.05) is 29.5 Å². The summed E-state index contributed by atoms with van der Waals surface area (Å²) in [4.78, 5) is 39.6. The summed E-state index contributed by atoms with van der Waals surface area (Å²) < 4.78 is 7.67. The summed E-state index contributed by atoms with van der Waals surface area (Å²) in [6.45, 7) is 5.86. The van der Waals surface area contributed by atoms with Crippen molar-refractivity contribution in [1.82, 2.24) is 4.57 Å². The number of aromatic nitrogens is 1. The fourth-order valence-electron chi connectivity index (χ4n) is 3.20. The standard InChI is InChI=1S/C22H21N3O5S/c1-4-30-20(27)13-24-21-15(3)10-14(2)11-18(21)31-22(24)23-19(26)9-8-16-6-5-7-17(12-16)25(28)29/h5-12H,4,13H2,1-3H3. The normalized spacial score (nSPS) is 11.9. The fourth-order valence-corrected chi connectivity index (χ4v) is 4.41. The lowest BCUT2D eigenvalue weighted by atomic mass is 10.1. The summed E-state index contributed by atoms with van der Waals surface area (Å²) >= 11 is 1.31.